The first-order valence-corrected chi connectivity index (χ1v) is 10.8. The Labute approximate surface area is 184 Å². The van der Waals surface area contributed by atoms with Crippen LogP contribution in [0.4, 0.5) is 17.1 Å². The summed E-state index contributed by atoms with van der Waals surface area (Å²) in [5.41, 5.74) is 1.20. The number of rotatable bonds is 8. The van der Waals surface area contributed by atoms with Crippen LogP contribution in [0.15, 0.2) is 83.8 Å². The molecule has 164 valence electrons. The topological polar surface area (TPSA) is 128 Å². The van der Waals surface area contributed by atoms with E-state index in [1.54, 1.807) is 30.3 Å². The van der Waals surface area contributed by atoms with E-state index in [1.807, 2.05) is 0 Å². The fourth-order valence-corrected chi connectivity index (χ4v) is 3.75. The Morgan fingerprint density at radius 3 is 2.28 bits per heavy atom. The number of anilines is 2. The molecule has 1 amide bonds. The largest absolute Gasteiger partial charge is 0.497 e. The molecule has 0 aliphatic rings. The van der Waals surface area contributed by atoms with Gasteiger partial charge >= 0.3 is 0 Å². The summed E-state index contributed by atoms with van der Waals surface area (Å²) in [6, 6.07) is 17.9. The van der Waals surface area contributed by atoms with Crippen molar-refractivity contribution in [2.45, 2.75) is 4.90 Å². The van der Waals surface area contributed by atoms with E-state index in [0.717, 1.165) is 0 Å². The zero-order valence-corrected chi connectivity index (χ0v) is 17.7. The molecule has 0 aliphatic heterocycles. The number of hydrogen-bond donors (Lipinski definition) is 2. The molecule has 3 rings (SSSR count). The molecule has 0 saturated heterocycles. The maximum absolute atomic E-state index is 12.5. The number of non-ortho nitro benzene ring substituents is 1. The van der Waals surface area contributed by atoms with Crippen LogP contribution in [0.2, 0.25) is 0 Å². The predicted molar refractivity (Wildman–Crippen MR) is 121 cm³/mol. The lowest BCUT2D eigenvalue weighted by Gasteiger charge is -2.09. The molecule has 3 aromatic rings. The summed E-state index contributed by atoms with van der Waals surface area (Å²) in [4.78, 5) is 22.4. The first-order chi connectivity index (χ1) is 15.3. The Morgan fingerprint density at radius 1 is 1.00 bits per heavy atom. The second-order valence-corrected chi connectivity index (χ2v) is 8.22. The zero-order valence-electron chi connectivity index (χ0n) is 16.9. The van der Waals surface area contributed by atoms with Crippen LogP contribution in [0.25, 0.3) is 6.08 Å². The predicted octanol–water partition coefficient (Wildman–Crippen LogP) is 4.06. The van der Waals surface area contributed by atoms with Gasteiger partial charge in [0.05, 0.1) is 16.9 Å². The Bertz CT molecular complexity index is 1250. The third kappa shape index (κ3) is 5.92. The van der Waals surface area contributed by atoms with E-state index in [9.17, 15) is 23.3 Å². The van der Waals surface area contributed by atoms with Crippen molar-refractivity contribution in [2.75, 3.05) is 17.1 Å². The van der Waals surface area contributed by atoms with Gasteiger partial charge in [0.25, 0.3) is 15.7 Å². The van der Waals surface area contributed by atoms with Crippen molar-refractivity contribution in [1.82, 2.24) is 0 Å². The normalized spacial score (nSPS) is 11.2. The van der Waals surface area contributed by atoms with Crippen molar-refractivity contribution in [2.24, 2.45) is 0 Å². The van der Waals surface area contributed by atoms with Crippen LogP contribution < -0.4 is 14.8 Å². The Balaban J connectivity index is 1.63. The molecule has 0 radical (unpaired) electrons. The molecule has 3 aromatic carbocycles. The van der Waals surface area contributed by atoms with Crippen molar-refractivity contribution in [3.63, 3.8) is 0 Å². The summed E-state index contributed by atoms with van der Waals surface area (Å²) in [7, 11) is -2.29. The highest BCUT2D eigenvalue weighted by Crippen LogP contribution is 2.21. The van der Waals surface area contributed by atoms with Crippen molar-refractivity contribution in [1.29, 1.82) is 0 Å². The molecule has 0 fully saturated rings. The fourth-order valence-electron chi connectivity index (χ4n) is 2.69. The van der Waals surface area contributed by atoms with Crippen LogP contribution in [0.3, 0.4) is 0 Å². The van der Waals surface area contributed by atoms with Gasteiger partial charge in [-0.2, -0.15) is 0 Å². The average Bonchev–Trinajstić information content (AvgIpc) is 2.78. The second-order valence-electron chi connectivity index (χ2n) is 6.53. The average molecular weight is 453 g/mol. The van der Waals surface area contributed by atoms with Gasteiger partial charge in [-0.1, -0.05) is 12.1 Å². The number of sulfonamides is 1. The summed E-state index contributed by atoms with van der Waals surface area (Å²) in [5, 5.41) is 13.4. The molecule has 10 heteroatoms. The molecule has 0 heterocycles. The molecule has 0 bridgehead atoms. The number of amides is 1. The van der Waals surface area contributed by atoms with E-state index in [2.05, 4.69) is 10.0 Å². The standard InChI is InChI=1S/C22H19N3O6S/c1-31-20-10-6-18(7-11-20)24-32(29,30)21-12-8-17(9-13-21)23-22(26)14-5-16-3-2-4-19(15-16)25(27)28/h2-15,24H,1H3,(H,23,26)/b14-5+. The Kier molecular flexibility index (Phi) is 6.86. The number of hydrogen-bond acceptors (Lipinski definition) is 6. The number of nitrogens with zero attached hydrogens (tertiary/aromatic N) is 1. The minimum Gasteiger partial charge on any atom is -0.497 e. The van der Waals surface area contributed by atoms with Crippen molar-refractivity contribution >= 4 is 39.1 Å². The number of ether oxygens (including phenoxy) is 1. The molecule has 32 heavy (non-hydrogen) atoms. The van der Waals surface area contributed by atoms with Gasteiger partial charge < -0.3 is 10.1 Å². The van der Waals surface area contributed by atoms with Crippen molar-refractivity contribution < 1.29 is 22.9 Å². The lowest BCUT2D eigenvalue weighted by molar-refractivity contribution is -0.384. The first kappa shape index (κ1) is 22.5. The number of nitro groups is 1. The van der Waals surface area contributed by atoms with Crippen LogP contribution in [-0.2, 0) is 14.8 Å². The maximum atomic E-state index is 12.5. The smallest absolute Gasteiger partial charge is 0.270 e. The highest BCUT2D eigenvalue weighted by atomic mass is 32.2. The molecule has 0 atom stereocenters. The van der Waals surface area contributed by atoms with Crippen LogP contribution >= 0.6 is 0 Å². The number of benzene rings is 3. The van der Waals surface area contributed by atoms with Gasteiger partial charge in [0.2, 0.25) is 5.91 Å². The van der Waals surface area contributed by atoms with E-state index in [4.69, 9.17) is 4.74 Å². The summed E-state index contributed by atoms with van der Waals surface area (Å²) in [5.74, 6) is 0.135. The number of carbonyl (C=O) groups is 1. The summed E-state index contributed by atoms with van der Waals surface area (Å²) >= 11 is 0. The van der Waals surface area contributed by atoms with Crippen molar-refractivity contribution in [3.05, 3.63) is 94.6 Å². The van der Waals surface area contributed by atoms with E-state index < -0.39 is 20.9 Å². The molecule has 9 nitrogen and oxygen atoms in total. The Morgan fingerprint density at radius 2 is 1.66 bits per heavy atom. The molecule has 0 unspecified atom stereocenters. The van der Waals surface area contributed by atoms with Crippen LogP contribution in [-0.4, -0.2) is 26.4 Å². The summed E-state index contributed by atoms with van der Waals surface area (Å²) in [6.07, 6.45) is 2.68. The van der Waals surface area contributed by atoms with Gasteiger partial charge in [-0.3, -0.25) is 19.6 Å². The molecule has 0 saturated carbocycles. The number of nitro benzene ring substituents is 1. The Hall–Kier alpha value is -4.18. The van der Waals surface area contributed by atoms with Gasteiger partial charge in [-0.15, -0.1) is 0 Å². The molecule has 0 aromatic heterocycles. The highest BCUT2D eigenvalue weighted by Gasteiger charge is 2.14. The zero-order chi connectivity index (χ0) is 23.1. The molecule has 0 spiro atoms. The van der Waals surface area contributed by atoms with Gasteiger partial charge in [0, 0.05) is 29.6 Å². The molecular formula is C22H19N3O6S. The SMILES string of the molecule is COc1ccc(NS(=O)(=O)c2ccc(NC(=O)/C=C/c3cccc([N+](=O)[O-])c3)cc2)cc1. The third-order valence-electron chi connectivity index (χ3n) is 4.28. The molecule has 0 aliphatic carbocycles. The first-order valence-electron chi connectivity index (χ1n) is 9.27. The van der Waals surface area contributed by atoms with E-state index in [-0.39, 0.29) is 10.6 Å². The van der Waals surface area contributed by atoms with Crippen molar-refractivity contribution in [3.8, 4) is 5.75 Å². The lowest BCUT2D eigenvalue weighted by atomic mass is 10.2. The highest BCUT2D eigenvalue weighted by molar-refractivity contribution is 7.92. The van der Waals surface area contributed by atoms with E-state index >= 15 is 0 Å². The van der Waals surface area contributed by atoms with Gasteiger partial charge in [-0.25, -0.2) is 8.42 Å². The van der Waals surface area contributed by atoms with Crippen LogP contribution in [0, 0.1) is 10.1 Å². The lowest BCUT2D eigenvalue weighted by Crippen LogP contribution is -2.13. The fraction of sp³-hybridized carbons (Fsp3) is 0.0455. The summed E-state index contributed by atoms with van der Waals surface area (Å²) in [6.45, 7) is 0. The van der Waals surface area contributed by atoms with Gasteiger partial charge in [0.15, 0.2) is 0 Å². The minimum atomic E-state index is -3.81. The van der Waals surface area contributed by atoms with Gasteiger partial charge in [-0.05, 0) is 60.2 Å². The van der Waals surface area contributed by atoms with Crippen LogP contribution in [0.5, 0.6) is 5.75 Å². The minimum absolute atomic E-state index is 0.0263. The van der Waals surface area contributed by atoms with E-state index in [0.29, 0.717) is 22.7 Å². The van der Waals surface area contributed by atoms with Crippen LogP contribution in [0.1, 0.15) is 5.56 Å². The summed E-state index contributed by atoms with van der Waals surface area (Å²) < 4.78 is 32.6. The molecule has 2 N–H and O–H groups in total. The number of nitrogens with one attached hydrogen (secondary N) is 2. The second kappa shape index (κ2) is 9.75. The third-order valence-corrected chi connectivity index (χ3v) is 5.68. The van der Waals surface area contributed by atoms with Gasteiger partial charge in [0.1, 0.15) is 5.75 Å². The number of carbonyl (C=O) groups excluding carboxylic acids is 1. The maximum Gasteiger partial charge on any atom is 0.270 e. The quantitative estimate of drug-likeness (QED) is 0.301. The monoisotopic (exact) mass is 453 g/mol. The number of methoxy groups -OCH3 is 1. The van der Waals surface area contributed by atoms with E-state index in [1.165, 1.54) is 61.7 Å². The molecular weight excluding hydrogens is 434 g/mol.